The molecule has 13 heavy (non-hydrogen) atoms. The Kier molecular flexibility index (Phi) is 3.75. The quantitative estimate of drug-likeness (QED) is 0.756. The first-order chi connectivity index (χ1) is 5.86. The van der Waals surface area contributed by atoms with Gasteiger partial charge in [-0.15, -0.1) is 12.4 Å². The Morgan fingerprint density at radius 2 is 2.15 bits per heavy atom. The fourth-order valence-electron chi connectivity index (χ4n) is 1.68. The topological polar surface area (TPSA) is 38.1 Å². The van der Waals surface area contributed by atoms with E-state index in [4.69, 9.17) is 4.52 Å². The molecular weight excluding hydrogens is 188 g/mol. The molecule has 0 aromatic carbocycles. The van der Waals surface area contributed by atoms with E-state index in [1.54, 1.807) is 0 Å². The number of nitrogens with zero attached hydrogens (tertiary/aromatic N) is 1. The molecule has 0 saturated carbocycles. The van der Waals surface area contributed by atoms with E-state index in [1.165, 1.54) is 12.8 Å². The van der Waals surface area contributed by atoms with Crippen LogP contribution in [0.2, 0.25) is 0 Å². The summed E-state index contributed by atoms with van der Waals surface area (Å²) in [4.78, 5) is 0. The van der Waals surface area contributed by atoms with Gasteiger partial charge in [0.2, 0.25) is 0 Å². The van der Waals surface area contributed by atoms with Gasteiger partial charge in [-0.1, -0.05) is 5.16 Å². The lowest BCUT2D eigenvalue weighted by atomic mass is 9.95. The molecule has 0 atom stereocenters. The molecule has 2 heterocycles. The van der Waals surface area contributed by atoms with Crippen LogP contribution in [0, 0.1) is 6.92 Å². The van der Waals surface area contributed by atoms with Crippen molar-refractivity contribution in [3.05, 3.63) is 17.5 Å². The number of nitrogens with one attached hydrogen (secondary N) is 1. The summed E-state index contributed by atoms with van der Waals surface area (Å²) in [5, 5.41) is 7.23. The summed E-state index contributed by atoms with van der Waals surface area (Å²) in [7, 11) is 0. The van der Waals surface area contributed by atoms with Gasteiger partial charge in [0.25, 0.3) is 0 Å². The molecule has 1 aromatic rings. The van der Waals surface area contributed by atoms with Gasteiger partial charge in [-0.2, -0.15) is 0 Å². The molecule has 0 amide bonds. The second-order valence-corrected chi connectivity index (χ2v) is 3.39. The number of piperidine rings is 1. The molecular formula is C9H15ClN2O. The van der Waals surface area contributed by atoms with Crippen LogP contribution in [-0.4, -0.2) is 18.2 Å². The van der Waals surface area contributed by atoms with E-state index in [-0.39, 0.29) is 12.4 Å². The normalized spacial score (nSPS) is 18.2. The molecule has 0 aliphatic carbocycles. The number of rotatable bonds is 1. The first kappa shape index (κ1) is 10.5. The average Bonchev–Trinajstić information content (AvgIpc) is 2.54. The molecule has 1 aliphatic rings. The standard InChI is InChI=1S/C9H14N2O.ClH/c1-7-6-9(12-11-7)8-2-4-10-5-3-8;/h6,8,10H,2-5H2,1H3;1H. The number of hydrogen-bond donors (Lipinski definition) is 1. The van der Waals surface area contributed by atoms with Crippen LogP contribution in [0.25, 0.3) is 0 Å². The van der Waals surface area contributed by atoms with Crippen molar-refractivity contribution in [1.82, 2.24) is 10.5 Å². The van der Waals surface area contributed by atoms with E-state index in [0.717, 1.165) is 24.5 Å². The molecule has 1 N–H and O–H groups in total. The Morgan fingerprint density at radius 1 is 1.46 bits per heavy atom. The zero-order valence-corrected chi connectivity index (χ0v) is 8.56. The Labute approximate surface area is 84.3 Å². The van der Waals surface area contributed by atoms with Crippen LogP contribution in [0.15, 0.2) is 10.6 Å². The van der Waals surface area contributed by atoms with Crippen molar-refractivity contribution in [2.24, 2.45) is 0 Å². The third-order valence-electron chi connectivity index (χ3n) is 2.39. The zero-order chi connectivity index (χ0) is 8.39. The van der Waals surface area contributed by atoms with E-state index >= 15 is 0 Å². The average molecular weight is 203 g/mol. The predicted octanol–water partition coefficient (Wildman–Crippen LogP) is 1.87. The molecule has 1 aliphatic heterocycles. The van der Waals surface area contributed by atoms with Crippen molar-refractivity contribution >= 4 is 12.4 Å². The Hall–Kier alpha value is -0.540. The van der Waals surface area contributed by atoms with Crippen LogP contribution in [-0.2, 0) is 0 Å². The SMILES string of the molecule is Cc1cc(C2CCNCC2)on1.Cl. The molecule has 0 radical (unpaired) electrons. The first-order valence-electron chi connectivity index (χ1n) is 4.50. The van der Waals surface area contributed by atoms with Crippen LogP contribution in [0.4, 0.5) is 0 Å². The second-order valence-electron chi connectivity index (χ2n) is 3.39. The highest BCUT2D eigenvalue weighted by molar-refractivity contribution is 5.85. The van der Waals surface area contributed by atoms with Crippen molar-refractivity contribution < 1.29 is 4.52 Å². The molecule has 2 rings (SSSR count). The highest BCUT2D eigenvalue weighted by atomic mass is 35.5. The van der Waals surface area contributed by atoms with Gasteiger partial charge >= 0.3 is 0 Å². The minimum Gasteiger partial charge on any atom is -0.361 e. The first-order valence-corrected chi connectivity index (χ1v) is 4.50. The molecule has 0 spiro atoms. The van der Waals surface area contributed by atoms with E-state index in [2.05, 4.69) is 16.5 Å². The maximum absolute atomic E-state index is 5.23. The van der Waals surface area contributed by atoms with Gasteiger partial charge in [0.15, 0.2) is 0 Å². The lowest BCUT2D eigenvalue weighted by molar-refractivity contribution is 0.326. The zero-order valence-electron chi connectivity index (χ0n) is 7.75. The predicted molar refractivity (Wildman–Crippen MR) is 53.3 cm³/mol. The minimum atomic E-state index is 0. The molecule has 4 heteroatoms. The van der Waals surface area contributed by atoms with Gasteiger partial charge in [-0.25, -0.2) is 0 Å². The van der Waals surface area contributed by atoms with Crippen molar-refractivity contribution in [1.29, 1.82) is 0 Å². The van der Waals surface area contributed by atoms with E-state index in [9.17, 15) is 0 Å². The number of aromatic nitrogens is 1. The maximum atomic E-state index is 5.23. The van der Waals surface area contributed by atoms with E-state index in [1.807, 2.05) is 6.92 Å². The highest BCUT2D eigenvalue weighted by Crippen LogP contribution is 2.25. The monoisotopic (exact) mass is 202 g/mol. The number of hydrogen-bond acceptors (Lipinski definition) is 3. The third-order valence-corrected chi connectivity index (χ3v) is 2.39. The summed E-state index contributed by atoms with van der Waals surface area (Å²) < 4.78 is 5.23. The van der Waals surface area contributed by atoms with Crippen LogP contribution < -0.4 is 5.32 Å². The van der Waals surface area contributed by atoms with Crippen molar-refractivity contribution in [3.63, 3.8) is 0 Å². The lowest BCUT2D eigenvalue weighted by Crippen LogP contribution is -2.26. The molecule has 0 bridgehead atoms. The molecule has 3 nitrogen and oxygen atoms in total. The van der Waals surface area contributed by atoms with Gasteiger partial charge < -0.3 is 9.84 Å². The third kappa shape index (κ3) is 2.45. The summed E-state index contributed by atoms with van der Waals surface area (Å²) in [6, 6.07) is 2.05. The Bertz CT molecular complexity index is 256. The molecule has 1 fully saturated rings. The fraction of sp³-hybridized carbons (Fsp3) is 0.667. The molecule has 1 saturated heterocycles. The lowest BCUT2D eigenvalue weighted by Gasteiger charge is -2.19. The summed E-state index contributed by atoms with van der Waals surface area (Å²) in [5.41, 5.74) is 0.989. The van der Waals surface area contributed by atoms with Crippen molar-refractivity contribution in [2.45, 2.75) is 25.7 Å². The Balaban J connectivity index is 0.000000845. The van der Waals surface area contributed by atoms with E-state index in [0.29, 0.717) is 5.92 Å². The van der Waals surface area contributed by atoms with Gasteiger partial charge in [0, 0.05) is 12.0 Å². The van der Waals surface area contributed by atoms with Crippen LogP contribution in [0.1, 0.15) is 30.2 Å². The van der Waals surface area contributed by atoms with Gasteiger partial charge in [0.05, 0.1) is 5.69 Å². The largest absolute Gasteiger partial charge is 0.361 e. The Morgan fingerprint density at radius 3 is 2.69 bits per heavy atom. The minimum absolute atomic E-state index is 0. The fourth-order valence-corrected chi connectivity index (χ4v) is 1.68. The van der Waals surface area contributed by atoms with Crippen LogP contribution in [0.3, 0.4) is 0 Å². The molecule has 0 unspecified atom stereocenters. The summed E-state index contributed by atoms with van der Waals surface area (Å²) in [5.74, 6) is 1.65. The summed E-state index contributed by atoms with van der Waals surface area (Å²) in [6.45, 7) is 4.17. The van der Waals surface area contributed by atoms with Gasteiger partial charge in [-0.05, 0) is 32.9 Å². The van der Waals surface area contributed by atoms with Gasteiger partial charge in [0.1, 0.15) is 5.76 Å². The van der Waals surface area contributed by atoms with Gasteiger partial charge in [-0.3, -0.25) is 0 Å². The maximum Gasteiger partial charge on any atom is 0.140 e. The summed E-state index contributed by atoms with van der Waals surface area (Å²) >= 11 is 0. The van der Waals surface area contributed by atoms with Crippen LogP contribution in [0.5, 0.6) is 0 Å². The second kappa shape index (κ2) is 4.63. The van der Waals surface area contributed by atoms with Crippen LogP contribution >= 0.6 is 12.4 Å². The highest BCUT2D eigenvalue weighted by Gasteiger charge is 2.18. The van der Waals surface area contributed by atoms with Crippen molar-refractivity contribution in [2.75, 3.05) is 13.1 Å². The number of aryl methyl sites for hydroxylation is 1. The van der Waals surface area contributed by atoms with E-state index < -0.39 is 0 Å². The number of halogens is 1. The van der Waals surface area contributed by atoms with Crippen molar-refractivity contribution in [3.8, 4) is 0 Å². The molecule has 74 valence electrons. The smallest absolute Gasteiger partial charge is 0.140 e. The molecule has 1 aromatic heterocycles. The summed E-state index contributed by atoms with van der Waals surface area (Å²) in [6.07, 6.45) is 2.35.